The third-order valence-corrected chi connectivity index (χ3v) is 5.70. The van der Waals surface area contributed by atoms with Crippen LogP contribution in [-0.4, -0.2) is 43.8 Å². The number of benzene rings is 2. The number of amides is 2. The number of hydrogen-bond acceptors (Lipinski definition) is 5. The van der Waals surface area contributed by atoms with Crippen LogP contribution in [-0.2, 0) is 17.9 Å². The van der Waals surface area contributed by atoms with Crippen LogP contribution in [0.2, 0.25) is 0 Å². The lowest BCUT2D eigenvalue weighted by Gasteiger charge is -2.23. The highest BCUT2D eigenvalue weighted by Gasteiger charge is 2.33. The summed E-state index contributed by atoms with van der Waals surface area (Å²) in [7, 11) is 0. The summed E-state index contributed by atoms with van der Waals surface area (Å²) in [5.74, 6) is -0.219. The average Bonchev–Trinajstić information content (AvgIpc) is 3.70. The maximum atomic E-state index is 13.0. The maximum absolute atomic E-state index is 13.0. The van der Waals surface area contributed by atoms with Gasteiger partial charge < -0.3 is 10.2 Å². The van der Waals surface area contributed by atoms with Crippen molar-refractivity contribution in [1.82, 2.24) is 25.2 Å². The SMILES string of the molecule is O=C(NC1CC1)c1ccc(CN(C(=O)Cn2nnc3ccccc3c2=O)C2CC2)cc1. The first-order chi connectivity index (χ1) is 15.1. The number of fused-ring (bicyclic) bond motifs is 1. The van der Waals surface area contributed by atoms with Gasteiger partial charge in [0.25, 0.3) is 11.5 Å². The Balaban J connectivity index is 1.29. The van der Waals surface area contributed by atoms with E-state index in [4.69, 9.17) is 0 Å². The molecule has 2 aliphatic rings. The van der Waals surface area contributed by atoms with Gasteiger partial charge in [0.05, 0.1) is 5.39 Å². The second-order valence-corrected chi connectivity index (χ2v) is 8.27. The highest BCUT2D eigenvalue weighted by molar-refractivity contribution is 5.94. The van der Waals surface area contributed by atoms with Gasteiger partial charge >= 0.3 is 0 Å². The second kappa shape index (κ2) is 7.94. The van der Waals surface area contributed by atoms with E-state index in [2.05, 4.69) is 15.6 Å². The number of aromatic nitrogens is 3. The van der Waals surface area contributed by atoms with E-state index in [1.807, 2.05) is 12.1 Å². The lowest BCUT2D eigenvalue weighted by atomic mass is 10.1. The number of rotatable bonds is 7. The van der Waals surface area contributed by atoms with E-state index < -0.39 is 0 Å². The van der Waals surface area contributed by atoms with Crippen LogP contribution < -0.4 is 10.9 Å². The fourth-order valence-electron chi connectivity index (χ4n) is 3.61. The molecule has 2 saturated carbocycles. The van der Waals surface area contributed by atoms with Gasteiger partial charge in [-0.05, 0) is 55.5 Å². The van der Waals surface area contributed by atoms with Crippen LogP contribution in [0.4, 0.5) is 0 Å². The van der Waals surface area contributed by atoms with Gasteiger partial charge in [-0.2, -0.15) is 0 Å². The predicted molar refractivity (Wildman–Crippen MR) is 114 cm³/mol. The molecule has 5 rings (SSSR count). The number of carbonyl (C=O) groups excluding carboxylic acids is 2. The van der Waals surface area contributed by atoms with Crippen molar-refractivity contribution in [1.29, 1.82) is 0 Å². The zero-order chi connectivity index (χ0) is 21.4. The van der Waals surface area contributed by atoms with Crippen LogP contribution in [0, 0.1) is 0 Å². The van der Waals surface area contributed by atoms with Gasteiger partial charge in [-0.15, -0.1) is 5.10 Å². The molecule has 31 heavy (non-hydrogen) atoms. The number of carbonyl (C=O) groups is 2. The molecule has 2 amide bonds. The summed E-state index contributed by atoms with van der Waals surface area (Å²) in [5, 5.41) is 11.4. The molecule has 2 fully saturated rings. The predicted octanol–water partition coefficient (Wildman–Crippen LogP) is 1.87. The van der Waals surface area contributed by atoms with Crippen molar-refractivity contribution >= 4 is 22.7 Å². The molecule has 0 atom stereocenters. The van der Waals surface area contributed by atoms with Crippen LogP contribution in [0.25, 0.3) is 10.9 Å². The quantitative estimate of drug-likeness (QED) is 0.633. The molecule has 1 N–H and O–H groups in total. The minimum absolute atomic E-state index is 0.0570. The van der Waals surface area contributed by atoms with Crippen LogP contribution in [0.3, 0.4) is 0 Å². The zero-order valence-corrected chi connectivity index (χ0v) is 17.0. The van der Waals surface area contributed by atoms with Crippen molar-refractivity contribution in [2.24, 2.45) is 0 Å². The zero-order valence-electron chi connectivity index (χ0n) is 17.0. The molecular weight excluding hydrogens is 394 g/mol. The van der Waals surface area contributed by atoms with Gasteiger partial charge in [-0.1, -0.05) is 29.5 Å². The largest absolute Gasteiger partial charge is 0.349 e. The lowest BCUT2D eigenvalue weighted by molar-refractivity contribution is -0.133. The molecule has 0 spiro atoms. The average molecular weight is 417 g/mol. The summed E-state index contributed by atoms with van der Waals surface area (Å²) >= 11 is 0. The van der Waals surface area contributed by atoms with E-state index >= 15 is 0 Å². The molecule has 0 bridgehead atoms. The molecule has 0 saturated heterocycles. The Kier molecular flexibility index (Phi) is 4.97. The van der Waals surface area contributed by atoms with Crippen molar-refractivity contribution in [3.05, 3.63) is 70.0 Å². The van der Waals surface area contributed by atoms with Crippen molar-refractivity contribution in [3.8, 4) is 0 Å². The third kappa shape index (κ3) is 4.33. The summed E-state index contributed by atoms with van der Waals surface area (Å²) < 4.78 is 1.13. The standard InChI is InChI=1S/C23H23N5O3/c29-21(14-28-23(31)19-3-1-2-4-20(19)25-26-28)27(18-11-12-18)13-15-5-7-16(8-6-15)22(30)24-17-9-10-17/h1-8,17-18H,9-14H2,(H,24,30). The Bertz CT molecular complexity index is 1200. The summed E-state index contributed by atoms with van der Waals surface area (Å²) in [6.45, 7) is 0.291. The summed E-state index contributed by atoms with van der Waals surface area (Å²) in [6.07, 6.45) is 4.00. The molecule has 1 aromatic heterocycles. The first-order valence-electron chi connectivity index (χ1n) is 10.6. The molecule has 1 heterocycles. The molecule has 0 radical (unpaired) electrons. The van der Waals surface area contributed by atoms with E-state index in [0.29, 0.717) is 29.1 Å². The van der Waals surface area contributed by atoms with Crippen LogP contribution in [0.15, 0.2) is 53.3 Å². The van der Waals surface area contributed by atoms with Gasteiger partial charge in [0, 0.05) is 24.2 Å². The molecule has 0 unspecified atom stereocenters. The van der Waals surface area contributed by atoms with Crippen LogP contribution >= 0.6 is 0 Å². The molecule has 8 heteroatoms. The molecule has 3 aromatic rings. The van der Waals surface area contributed by atoms with E-state index in [1.165, 1.54) is 0 Å². The molecule has 8 nitrogen and oxygen atoms in total. The third-order valence-electron chi connectivity index (χ3n) is 5.70. The van der Waals surface area contributed by atoms with Gasteiger partial charge in [0.1, 0.15) is 12.1 Å². The first-order valence-corrected chi connectivity index (χ1v) is 10.6. The fraction of sp³-hybridized carbons (Fsp3) is 0.348. The summed E-state index contributed by atoms with van der Waals surface area (Å²) in [6, 6.07) is 14.8. The maximum Gasteiger partial charge on any atom is 0.278 e. The topological polar surface area (TPSA) is 97.2 Å². The molecule has 158 valence electrons. The normalized spacial score (nSPS) is 15.6. The highest BCUT2D eigenvalue weighted by Crippen LogP contribution is 2.29. The van der Waals surface area contributed by atoms with Gasteiger partial charge in [-0.3, -0.25) is 14.4 Å². The minimum Gasteiger partial charge on any atom is -0.349 e. The highest BCUT2D eigenvalue weighted by atomic mass is 16.2. The van der Waals surface area contributed by atoms with Crippen molar-refractivity contribution in [3.63, 3.8) is 0 Å². The van der Waals surface area contributed by atoms with Crippen molar-refractivity contribution < 1.29 is 9.59 Å². The Morgan fingerprint density at radius 1 is 1.03 bits per heavy atom. The number of hydrogen-bond donors (Lipinski definition) is 1. The second-order valence-electron chi connectivity index (χ2n) is 8.27. The number of nitrogens with one attached hydrogen (secondary N) is 1. The fourth-order valence-corrected chi connectivity index (χ4v) is 3.61. The van der Waals surface area contributed by atoms with Crippen LogP contribution in [0.1, 0.15) is 41.6 Å². The van der Waals surface area contributed by atoms with E-state index in [-0.39, 0.29) is 30.0 Å². The Morgan fingerprint density at radius 2 is 1.77 bits per heavy atom. The Morgan fingerprint density at radius 3 is 2.48 bits per heavy atom. The molecule has 0 aliphatic heterocycles. The van der Waals surface area contributed by atoms with Gasteiger partial charge in [0.15, 0.2) is 0 Å². The lowest BCUT2D eigenvalue weighted by Crippen LogP contribution is -2.38. The van der Waals surface area contributed by atoms with E-state index in [0.717, 1.165) is 35.9 Å². The first kappa shape index (κ1) is 19.4. The Hall–Kier alpha value is -3.55. The van der Waals surface area contributed by atoms with Gasteiger partial charge in [0.2, 0.25) is 5.91 Å². The minimum atomic E-state index is -0.319. The molecule has 2 aromatic carbocycles. The van der Waals surface area contributed by atoms with Gasteiger partial charge in [-0.25, -0.2) is 4.68 Å². The number of nitrogens with zero attached hydrogens (tertiary/aromatic N) is 4. The molecule has 2 aliphatic carbocycles. The molecular formula is C23H23N5O3. The van der Waals surface area contributed by atoms with Crippen molar-refractivity contribution in [2.45, 2.75) is 50.9 Å². The smallest absolute Gasteiger partial charge is 0.278 e. The van der Waals surface area contributed by atoms with E-state index in [1.54, 1.807) is 41.3 Å². The van der Waals surface area contributed by atoms with Crippen molar-refractivity contribution in [2.75, 3.05) is 0 Å². The van der Waals surface area contributed by atoms with Crippen LogP contribution in [0.5, 0.6) is 0 Å². The monoisotopic (exact) mass is 417 g/mol. The van der Waals surface area contributed by atoms with E-state index in [9.17, 15) is 14.4 Å². The summed E-state index contributed by atoms with van der Waals surface area (Å²) in [4.78, 5) is 39.6. The Labute approximate surface area is 178 Å². The summed E-state index contributed by atoms with van der Waals surface area (Å²) in [5.41, 5.74) is 1.76.